The highest BCUT2D eigenvalue weighted by atomic mass is 35.5. The predicted molar refractivity (Wildman–Crippen MR) is 103 cm³/mol. The topological polar surface area (TPSA) is 66.0 Å². The molecule has 1 aromatic carbocycles. The van der Waals surface area contributed by atoms with Crippen LogP contribution in [0.25, 0.3) is 0 Å². The Morgan fingerprint density at radius 3 is 2.36 bits per heavy atom. The number of amides is 1. The molecule has 0 radical (unpaired) electrons. The highest BCUT2D eigenvalue weighted by Gasteiger charge is 2.20. The molecule has 0 fully saturated rings. The van der Waals surface area contributed by atoms with Gasteiger partial charge >= 0.3 is 0 Å². The van der Waals surface area contributed by atoms with Crippen molar-refractivity contribution in [1.29, 1.82) is 0 Å². The largest absolute Gasteiger partial charge is 0.492 e. The van der Waals surface area contributed by atoms with Crippen LogP contribution in [0.5, 0.6) is 5.75 Å². The molecular weight excluding hydrogens is 340 g/mol. The molecule has 0 aliphatic rings. The molecule has 0 aromatic heterocycles. The maximum absolute atomic E-state index is 11.8. The average molecular weight is 369 g/mol. The number of nitrogens with one attached hydrogen (secondary N) is 2. The first-order valence-electron chi connectivity index (χ1n) is 8.32. The minimum atomic E-state index is -0.378. The maximum Gasteiger partial charge on any atom is 0.225 e. The van der Waals surface area contributed by atoms with Crippen LogP contribution in [0.3, 0.4) is 0 Å². The van der Waals surface area contributed by atoms with Gasteiger partial charge in [-0.1, -0.05) is 32.4 Å². The molecule has 2 N–H and O–H groups in total. The monoisotopic (exact) mass is 368 g/mol. The van der Waals surface area contributed by atoms with Gasteiger partial charge < -0.3 is 20.3 Å². The van der Waals surface area contributed by atoms with E-state index in [9.17, 15) is 4.79 Å². The SMILES string of the molecule is CN=C(NCCNC(=O)C(C)(C)C)N(C)CCOc1ccc(Cl)cc1. The lowest BCUT2D eigenvalue weighted by molar-refractivity contribution is -0.128. The number of hydrogen-bond acceptors (Lipinski definition) is 3. The third kappa shape index (κ3) is 8.12. The molecule has 0 aliphatic carbocycles. The van der Waals surface area contributed by atoms with Gasteiger partial charge in [-0.05, 0) is 24.3 Å². The second-order valence-electron chi connectivity index (χ2n) is 6.70. The Morgan fingerprint density at radius 1 is 1.20 bits per heavy atom. The first-order valence-corrected chi connectivity index (χ1v) is 8.70. The molecule has 0 unspecified atom stereocenters. The van der Waals surface area contributed by atoms with E-state index in [-0.39, 0.29) is 11.3 Å². The van der Waals surface area contributed by atoms with Gasteiger partial charge in [0, 0.05) is 37.6 Å². The van der Waals surface area contributed by atoms with E-state index in [4.69, 9.17) is 16.3 Å². The molecule has 0 aliphatic heterocycles. The third-order valence-electron chi connectivity index (χ3n) is 3.46. The first kappa shape index (κ1) is 21.1. The van der Waals surface area contributed by atoms with Gasteiger partial charge in [0.25, 0.3) is 0 Å². The van der Waals surface area contributed by atoms with E-state index in [0.29, 0.717) is 31.3 Å². The Labute approximate surface area is 155 Å². The number of aliphatic imine (C=N–C) groups is 1. The first-order chi connectivity index (χ1) is 11.7. The summed E-state index contributed by atoms with van der Waals surface area (Å²) < 4.78 is 5.68. The number of carbonyl (C=O) groups excluding carboxylic acids is 1. The van der Waals surface area contributed by atoms with E-state index in [0.717, 1.165) is 11.7 Å². The zero-order valence-electron chi connectivity index (χ0n) is 15.7. The van der Waals surface area contributed by atoms with Crippen LogP contribution in [0.2, 0.25) is 5.02 Å². The minimum Gasteiger partial charge on any atom is -0.492 e. The van der Waals surface area contributed by atoms with E-state index in [1.54, 1.807) is 19.2 Å². The van der Waals surface area contributed by atoms with Crippen molar-refractivity contribution in [3.8, 4) is 5.75 Å². The lowest BCUT2D eigenvalue weighted by atomic mass is 9.96. The van der Waals surface area contributed by atoms with E-state index < -0.39 is 0 Å². The quantitative estimate of drug-likeness (QED) is 0.440. The molecule has 7 heteroatoms. The summed E-state index contributed by atoms with van der Waals surface area (Å²) in [4.78, 5) is 18.0. The summed E-state index contributed by atoms with van der Waals surface area (Å²) in [5, 5.41) is 6.81. The molecule has 0 saturated heterocycles. The van der Waals surface area contributed by atoms with Crippen LogP contribution in [-0.2, 0) is 4.79 Å². The smallest absolute Gasteiger partial charge is 0.225 e. The third-order valence-corrected chi connectivity index (χ3v) is 3.71. The second-order valence-corrected chi connectivity index (χ2v) is 7.14. The standard InChI is InChI=1S/C18H29ClN4O2/c1-18(2,3)16(24)21-10-11-22-17(20-4)23(5)12-13-25-15-8-6-14(19)7-9-15/h6-9H,10-13H2,1-5H3,(H,20,22)(H,21,24). The van der Waals surface area contributed by atoms with Gasteiger partial charge in [-0.25, -0.2) is 0 Å². The summed E-state index contributed by atoms with van der Waals surface area (Å²) in [6, 6.07) is 7.28. The van der Waals surface area contributed by atoms with Crippen molar-refractivity contribution in [2.75, 3.05) is 40.3 Å². The van der Waals surface area contributed by atoms with Crippen molar-refractivity contribution in [3.63, 3.8) is 0 Å². The highest BCUT2D eigenvalue weighted by molar-refractivity contribution is 6.30. The van der Waals surface area contributed by atoms with Gasteiger partial charge in [0.2, 0.25) is 5.91 Å². The Balaban J connectivity index is 2.29. The van der Waals surface area contributed by atoms with Gasteiger partial charge in [0.05, 0.1) is 6.54 Å². The van der Waals surface area contributed by atoms with Crippen LogP contribution in [0.4, 0.5) is 0 Å². The molecule has 1 aromatic rings. The van der Waals surface area contributed by atoms with Crippen molar-refractivity contribution in [3.05, 3.63) is 29.3 Å². The molecule has 140 valence electrons. The lowest BCUT2D eigenvalue weighted by Gasteiger charge is -2.23. The van der Waals surface area contributed by atoms with E-state index in [1.807, 2.05) is 44.9 Å². The zero-order chi connectivity index (χ0) is 18.9. The van der Waals surface area contributed by atoms with Crippen molar-refractivity contribution >= 4 is 23.5 Å². The molecule has 0 heterocycles. The van der Waals surface area contributed by atoms with Crippen LogP contribution in [0.1, 0.15) is 20.8 Å². The fraction of sp³-hybridized carbons (Fsp3) is 0.556. The number of halogens is 1. The average Bonchev–Trinajstić information content (AvgIpc) is 2.55. The van der Waals surface area contributed by atoms with E-state index in [2.05, 4.69) is 15.6 Å². The molecule has 6 nitrogen and oxygen atoms in total. The maximum atomic E-state index is 11.8. The summed E-state index contributed by atoms with van der Waals surface area (Å²) in [6.07, 6.45) is 0. The van der Waals surface area contributed by atoms with Gasteiger partial charge in [0.15, 0.2) is 5.96 Å². The fourth-order valence-electron chi connectivity index (χ4n) is 1.94. The van der Waals surface area contributed by atoms with Crippen LogP contribution >= 0.6 is 11.6 Å². The summed E-state index contributed by atoms with van der Waals surface area (Å²) in [5.41, 5.74) is -0.378. The van der Waals surface area contributed by atoms with Gasteiger partial charge in [0.1, 0.15) is 12.4 Å². The molecule has 0 saturated carbocycles. The number of benzene rings is 1. The Hall–Kier alpha value is -1.95. The summed E-state index contributed by atoms with van der Waals surface area (Å²) in [6.45, 7) is 8.03. The van der Waals surface area contributed by atoms with E-state index in [1.165, 1.54) is 0 Å². The molecule has 1 amide bonds. The van der Waals surface area contributed by atoms with Crippen molar-refractivity contribution in [2.24, 2.45) is 10.4 Å². The number of nitrogens with zero attached hydrogens (tertiary/aromatic N) is 2. The Kier molecular flexibility index (Phi) is 8.55. The molecular formula is C18H29ClN4O2. The van der Waals surface area contributed by atoms with Crippen molar-refractivity contribution in [1.82, 2.24) is 15.5 Å². The van der Waals surface area contributed by atoms with E-state index >= 15 is 0 Å². The predicted octanol–water partition coefficient (Wildman–Crippen LogP) is 2.39. The van der Waals surface area contributed by atoms with Crippen molar-refractivity contribution in [2.45, 2.75) is 20.8 Å². The number of guanidine groups is 1. The fourth-order valence-corrected chi connectivity index (χ4v) is 2.06. The number of likely N-dealkylation sites (N-methyl/N-ethyl adjacent to an activating group) is 1. The number of ether oxygens (including phenoxy) is 1. The lowest BCUT2D eigenvalue weighted by Crippen LogP contribution is -2.45. The van der Waals surface area contributed by atoms with Crippen LogP contribution in [0.15, 0.2) is 29.3 Å². The Morgan fingerprint density at radius 2 is 1.80 bits per heavy atom. The van der Waals surface area contributed by atoms with Gasteiger partial charge in [-0.2, -0.15) is 0 Å². The minimum absolute atomic E-state index is 0.0361. The highest BCUT2D eigenvalue weighted by Crippen LogP contribution is 2.15. The van der Waals surface area contributed by atoms with Crippen molar-refractivity contribution < 1.29 is 9.53 Å². The van der Waals surface area contributed by atoms with Crippen LogP contribution < -0.4 is 15.4 Å². The number of rotatable bonds is 7. The number of carbonyl (C=O) groups is 1. The molecule has 0 bridgehead atoms. The molecule has 1 rings (SSSR count). The zero-order valence-corrected chi connectivity index (χ0v) is 16.5. The van der Waals surface area contributed by atoms with Gasteiger partial charge in [-0.3, -0.25) is 9.79 Å². The number of hydrogen-bond donors (Lipinski definition) is 2. The summed E-state index contributed by atoms with van der Waals surface area (Å²) in [5.74, 6) is 1.57. The normalized spacial score (nSPS) is 11.8. The molecule has 25 heavy (non-hydrogen) atoms. The second kappa shape index (κ2) is 10.1. The van der Waals surface area contributed by atoms with Crippen LogP contribution in [0, 0.1) is 5.41 Å². The summed E-state index contributed by atoms with van der Waals surface area (Å²) in [7, 11) is 3.67. The summed E-state index contributed by atoms with van der Waals surface area (Å²) >= 11 is 5.85. The molecule has 0 spiro atoms. The molecule has 0 atom stereocenters. The Bertz CT molecular complexity index is 567. The van der Waals surface area contributed by atoms with Gasteiger partial charge in [-0.15, -0.1) is 0 Å². The van der Waals surface area contributed by atoms with Crippen LogP contribution in [-0.4, -0.2) is 57.1 Å².